The molecule has 1 aliphatic heterocycles. The van der Waals surface area contributed by atoms with Crippen LogP contribution >= 0.6 is 11.3 Å². The highest BCUT2D eigenvalue weighted by molar-refractivity contribution is 7.22. The molecule has 1 unspecified atom stereocenters. The molecule has 3 heterocycles. The van der Waals surface area contributed by atoms with Gasteiger partial charge in [0.15, 0.2) is 10.9 Å². The van der Waals surface area contributed by atoms with Crippen molar-refractivity contribution in [2.45, 2.75) is 26.1 Å². The summed E-state index contributed by atoms with van der Waals surface area (Å²) in [6.45, 7) is 6.02. The van der Waals surface area contributed by atoms with Crippen molar-refractivity contribution in [3.63, 3.8) is 0 Å². The summed E-state index contributed by atoms with van der Waals surface area (Å²) in [7, 11) is 0. The van der Waals surface area contributed by atoms with Gasteiger partial charge in [0.25, 0.3) is 0 Å². The summed E-state index contributed by atoms with van der Waals surface area (Å²) in [5, 5.41) is 3.11. The number of benzene rings is 3. The van der Waals surface area contributed by atoms with E-state index in [2.05, 4.69) is 22.1 Å². The molecule has 1 atom stereocenters. The van der Waals surface area contributed by atoms with Gasteiger partial charge in [0.1, 0.15) is 11.3 Å². The molecule has 232 valence electrons. The second kappa shape index (κ2) is 12.4. The van der Waals surface area contributed by atoms with Gasteiger partial charge in [-0.05, 0) is 48.9 Å². The third-order valence-corrected chi connectivity index (χ3v) is 8.51. The van der Waals surface area contributed by atoms with Crippen molar-refractivity contribution in [1.29, 1.82) is 0 Å². The maximum atomic E-state index is 13.4. The molecular formula is C32H28F4N6O2S. The third kappa shape index (κ3) is 6.89. The van der Waals surface area contributed by atoms with Gasteiger partial charge in [0.2, 0.25) is 17.7 Å². The Labute approximate surface area is 260 Å². The van der Waals surface area contributed by atoms with Crippen molar-refractivity contribution >= 4 is 38.5 Å². The van der Waals surface area contributed by atoms with Crippen LogP contribution in [0.3, 0.4) is 0 Å². The Kier molecular flexibility index (Phi) is 8.38. The van der Waals surface area contributed by atoms with Crippen LogP contribution in [0.5, 0.6) is 11.6 Å². The largest absolute Gasteiger partial charge is 0.437 e. The fraction of sp³-hybridized carbons (Fsp3) is 0.250. The number of carbonyl (C=O) groups is 1. The summed E-state index contributed by atoms with van der Waals surface area (Å²) < 4.78 is 60.2. The molecule has 13 heteroatoms. The Morgan fingerprint density at radius 3 is 2.33 bits per heavy atom. The molecule has 6 rings (SSSR count). The van der Waals surface area contributed by atoms with Gasteiger partial charge in [-0.2, -0.15) is 18.2 Å². The zero-order valence-corrected chi connectivity index (χ0v) is 25.1. The van der Waals surface area contributed by atoms with Crippen LogP contribution < -0.4 is 15.0 Å². The van der Waals surface area contributed by atoms with Crippen LogP contribution in [0.1, 0.15) is 31.0 Å². The van der Waals surface area contributed by atoms with Crippen molar-refractivity contribution in [3.05, 3.63) is 89.7 Å². The first-order valence-electron chi connectivity index (χ1n) is 14.2. The number of hydrogen-bond acceptors (Lipinski definition) is 8. The van der Waals surface area contributed by atoms with Crippen LogP contribution in [-0.2, 0) is 11.0 Å². The molecule has 45 heavy (non-hydrogen) atoms. The van der Waals surface area contributed by atoms with E-state index in [0.717, 1.165) is 22.4 Å². The molecule has 1 saturated heterocycles. The van der Waals surface area contributed by atoms with E-state index in [1.165, 1.54) is 42.5 Å². The van der Waals surface area contributed by atoms with Crippen LogP contribution in [0.2, 0.25) is 0 Å². The van der Waals surface area contributed by atoms with Crippen molar-refractivity contribution in [3.8, 4) is 22.9 Å². The monoisotopic (exact) mass is 636 g/mol. The Bertz CT molecular complexity index is 1820. The molecule has 0 bridgehead atoms. The van der Waals surface area contributed by atoms with Crippen molar-refractivity contribution in [1.82, 2.24) is 19.9 Å². The second-order valence-electron chi connectivity index (χ2n) is 10.6. The Morgan fingerprint density at radius 1 is 0.956 bits per heavy atom. The van der Waals surface area contributed by atoms with Crippen LogP contribution in [0.25, 0.3) is 21.5 Å². The van der Waals surface area contributed by atoms with Crippen molar-refractivity contribution in [2.75, 3.05) is 36.4 Å². The van der Waals surface area contributed by atoms with Gasteiger partial charge in [-0.25, -0.2) is 14.4 Å². The minimum absolute atomic E-state index is 0.0760. The summed E-state index contributed by atoms with van der Waals surface area (Å²) in [6, 6.07) is 18.3. The predicted octanol–water partition coefficient (Wildman–Crippen LogP) is 7.55. The van der Waals surface area contributed by atoms with E-state index in [-0.39, 0.29) is 23.6 Å². The zero-order chi connectivity index (χ0) is 31.7. The number of carbonyl (C=O) groups excluding carboxylic acids is 1. The van der Waals surface area contributed by atoms with Gasteiger partial charge in [-0.1, -0.05) is 41.7 Å². The molecule has 1 amide bonds. The molecule has 3 aromatic carbocycles. The molecular weight excluding hydrogens is 608 g/mol. The number of halogens is 4. The average Bonchev–Trinajstić information content (AvgIpc) is 3.43. The molecule has 0 radical (unpaired) electrons. The summed E-state index contributed by atoms with van der Waals surface area (Å²) in [5.74, 6) is 0.448. The number of aromatic nitrogens is 3. The van der Waals surface area contributed by atoms with Crippen LogP contribution in [0.15, 0.2) is 72.8 Å². The number of ether oxygens (including phenoxy) is 1. The number of piperazine rings is 1. The number of rotatable bonds is 7. The standard InChI is InChI=1S/C32H28F4N6O2S/c1-19(21-8-12-24(33)13-9-21)41-14-16-42(17-15-41)30-38-25(22-6-10-23(11-7-22)32(34,35)36)18-28(39-30)44-26-4-3-5-27-29(26)40-31(45-27)37-20(2)43/h3-13,18-19H,14-17H2,1-2H3,(H,37,40,43). The SMILES string of the molecule is CC(=O)Nc1nc2c(Oc3cc(-c4ccc(C(F)(F)F)cc4)nc(N4CCN(C(C)c5ccc(F)cc5)CC4)n3)cccc2s1. The van der Waals surface area contributed by atoms with Gasteiger partial charge < -0.3 is 15.0 Å². The van der Waals surface area contributed by atoms with E-state index in [4.69, 9.17) is 14.7 Å². The Hall–Kier alpha value is -4.62. The zero-order valence-electron chi connectivity index (χ0n) is 24.3. The number of para-hydroxylation sites is 1. The first-order chi connectivity index (χ1) is 21.5. The number of anilines is 2. The maximum Gasteiger partial charge on any atom is 0.416 e. The average molecular weight is 637 g/mol. The van der Waals surface area contributed by atoms with Crippen molar-refractivity contribution < 1.29 is 27.1 Å². The minimum atomic E-state index is -4.46. The molecule has 8 nitrogen and oxygen atoms in total. The lowest BCUT2D eigenvalue weighted by Gasteiger charge is -2.38. The van der Waals surface area contributed by atoms with E-state index in [1.54, 1.807) is 30.3 Å². The Morgan fingerprint density at radius 2 is 1.67 bits per heavy atom. The summed E-state index contributed by atoms with van der Waals surface area (Å²) >= 11 is 1.30. The molecule has 0 spiro atoms. The van der Waals surface area contributed by atoms with Gasteiger partial charge in [-0.15, -0.1) is 0 Å². The number of alkyl halides is 3. The lowest BCUT2D eigenvalue weighted by atomic mass is 10.1. The molecule has 2 aromatic heterocycles. The van der Waals surface area contributed by atoms with Gasteiger partial charge in [0, 0.05) is 50.8 Å². The summed E-state index contributed by atoms with van der Waals surface area (Å²) in [4.78, 5) is 29.8. The highest BCUT2D eigenvalue weighted by Gasteiger charge is 2.30. The lowest BCUT2D eigenvalue weighted by Crippen LogP contribution is -2.47. The van der Waals surface area contributed by atoms with E-state index < -0.39 is 11.7 Å². The predicted molar refractivity (Wildman–Crippen MR) is 165 cm³/mol. The first kappa shape index (κ1) is 30.4. The van der Waals surface area contributed by atoms with Gasteiger partial charge in [0.05, 0.1) is 16.0 Å². The molecule has 1 N–H and O–H groups in total. The quantitative estimate of drug-likeness (QED) is 0.185. The van der Waals surface area contributed by atoms with Crippen LogP contribution in [0, 0.1) is 5.82 Å². The number of nitrogens with one attached hydrogen (secondary N) is 1. The van der Waals surface area contributed by atoms with Crippen molar-refractivity contribution in [2.24, 2.45) is 0 Å². The summed E-state index contributed by atoms with van der Waals surface area (Å²) in [6.07, 6.45) is -4.46. The molecule has 5 aromatic rings. The minimum Gasteiger partial charge on any atom is -0.437 e. The fourth-order valence-electron chi connectivity index (χ4n) is 5.17. The first-order valence-corrected chi connectivity index (χ1v) is 15.0. The third-order valence-electron chi connectivity index (χ3n) is 7.58. The number of amides is 1. The molecule has 1 fully saturated rings. The normalized spacial score (nSPS) is 14.8. The van der Waals surface area contributed by atoms with Crippen LogP contribution in [-0.4, -0.2) is 51.9 Å². The maximum absolute atomic E-state index is 13.4. The van der Waals surface area contributed by atoms with E-state index in [1.807, 2.05) is 11.0 Å². The number of thiazole rings is 1. The second-order valence-corrected chi connectivity index (χ2v) is 11.7. The lowest BCUT2D eigenvalue weighted by molar-refractivity contribution is -0.137. The molecule has 0 saturated carbocycles. The topological polar surface area (TPSA) is 83.5 Å². The summed E-state index contributed by atoms with van der Waals surface area (Å²) in [5.41, 5.74) is 1.66. The highest BCUT2D eigenvalue weighted by atomic mass is 32.1. The number of nitrogens with zero attached hydrogens (tertiary/aromatic N) is 5. The molecule has 0 aliphatic carbocycles. The fourth-order valence-corrected chi connectivity index (χ4v) is 6.10. The van der Waals surface area contributed by atoms with Gasteiger partial charge >= 0.3 is 6.18 Å². The highest BCUT2D eigenvalue weighted by Crippen LogP contribution is 2.36. The van der Waals surface area contributed by atoms with E-state index >= 15 is 0 Å². The van der Waals surface area contributed by atoms with Gasteiger partial charge in [-0.3, -0.25) is 9.69 Å². The molecule has 1 aliphatic rings. The van der Waals surface area contributed by atoms with E-state index in [9.17, 15) is 22.4 Å². The van der Waals surface area contributed by atoms with Crippen LogP contribution in [0.4, 0.5) is 28.6 Å². The number of fused-ring (bicyclic) bond motifs is 1. The number of hydrogen-bond donors (Lipinski definition) is 1. The Balaban J connectivity index is 1.30. The smallest absolute Gasteiger partial charge is 0.416 e. The van der Waals surface area contributed by atoms with E-state index in [0.29, 0.717) is 59.8 Å².